The summed E-state index contributed by atoms with van der Waals surface area (Å²) >= 11 is 0. The summed E-state index contributed by atoms with van der Waals surface area (Å²) in [6.07, 6.45) is 0. The molecule has 0 aromatic heterocycles. The van der Waals surface area contributed by atoms with Crippen molar-refractivity contribution >= 4 is 43.1 Å². The molecule has 51 heavy (non-hydrogen) atoms. The van der Waals surface area contributed by atoms with E-state index in [1.807, 2.05) is 0 Å². The van der Waals surface area contributed by atoms with Gasteiger partial charge in [0.05, 0.1) is 0 Å². The van der Waals surface area contributed by atoms with E-state index >= 15 is 0 Å². The third kappa shape index (κ3) is 5.18. The van der Waals surface area contributed by atoms with Crippen LogP contribution < -0.4 is 0 Å². The second-order valence-electron chi connectivity index (χ2n) is 13.7. The standard InChI is InChI=1S/C51H36/c1-33-30-34(2)49(35(3)31-33)38-26-27-44-43(41-22-12-15-25-47(41)51(48(44)32-38)37-18-8-5-9-19-37)29-28-42-39-20-10-13-23-45(39)50(36-16-6-4-7-17-36)46-24-14-11-21-40(42)46/h4-27,30-32H,1-3H3. The molecule has 0 amide bonds. The summed E-state index contributed by atoms with van der Waals surface area (Å²) in [6.45, 7) is 6.63. The lowest BCUT2D eigenvalue weighted by molar-refractivity contribution is 1.32. The number of hydrogen-bond donors (Lipinski definition) is 0. The maximum absolute atomic E-state index is 3.81. The van der Waals surface area contributed by atoms with Crippen LogP contribution in [0, 0.1) is 32.6 Å². The predicted octanol–water partition coefficient (Wildman–Crippen LogP) is 13.6. The third-order valence-electron chi connectivity index (χ3n) is 10.4. The van der Waals surface area contributed by atoms with E-state index in [2.05, 4.69) is 196 Å². The Morgan fingerprint density at radius 1 is 0.294 bits per heavy atom. The number of rotatable bonds is 3. The molecule has 0 N–H and O–H groups in total. The smallest absolute Gasteiger partial charge is 0.0406 e. The highest BCUT2D eigenvalue weighted by Crippen LogP contribution is 2.43. The number of aryl methyl sites for hydroxylation is 3. The molecule has 0 nitrogen and oxygen atoms in total. The number of hydrogen-bond acceptors (Lipinski definition) is 0. The Bertz CT molecular complexity index is 2780. The molecular formula is C51H36. The minimum Gasteiger partial charge on any atom is -0.0622 e. The van der Waals surface area contributed by atoms with Crippen molar-refractivity contribution in [2.45, 2.75) is 20.8 Å². The minimum atomic E-state index is 1.06. The van der Waals surface area contributed by atoms with Crippen molar-refractivity contribution in [1.29, 1.82) is 0 Å². The van der Waals surface area contributed by atoms with Gasteiger partial charge in [-0.05, 0) is 114 Å². The Morgan fingerprint density at radius 3 is 1.12 bits per heavy atom. The highest BCUT2D eigenvalue weighted by Gasteiger charge is 2.18. The molecule has 0 radical (unpaired) electrons. The van der Waals surface area contributed by atoms with Crippen LogP contribution in [0.1, 0.15) is 27.8 Å². The summed E-state index contributed by atoms with van der Waals surface area (Å²) in [5, 5.41) is 9.54. The summed E-state index contributed by atoms with van der Waals surface area (Å²) in [6, 6.07) is 59.4. The first-order valence-electron chi connectivity index (χ1n) is 17.7. The van der Waals surface area contributed by atoms with Gasteiger partial charge < -0.3 is 0 Å². The highest BCUT2D eigenvalue weighted by atomic mass is 14.2. The summed E-state index contributed by atoms with van der Waals surface area (Å²) in [7, 11) is 0. The molecule has 0 saturated heterocycles. The highest BCUT2D eigenvalue weighted by molar-refractivity contribution is 6.19. The topological polar surface area (TPSA) is 0 Å². The Kier molecular flexibility index (Phi) is 7.49. The van der Waals surface area contributed by atoms with Gasteiger partial charge in [0.25, 0.3) is 0 Å². The molecule has 0 fully saturated rings. The van der Waals surface area contributed by atoms with Crippen molar-refractivity contribution in [2.24, 2.45) is 0 Å². The van der Waals surface area contributed by atoms with Gasteiger partial charge in [-0.1, -0.05) is 175 Å². The van der Waals surface area contributed by atoms with Crippen molar-refractivity contribution in [3.05, 3.63) is 192 Å². The lowest BCUT2D eigenvalue weighted by Crippen LogP contribution is -1.94. The van der Waals surface area contributed by atoms with Gasteiger partial charge in [0.1, 0.15) is 0 Å². The van der Waals surface area contributed by atoms with Crippen LogP contribution in [0.3, 0.4) is 0 Å². The lowest BCUT2D eigenvalue weighted by Gasteiger charge is -2.18. The zero-order valence-corrected chi connectivity index (χ0v) is 29.1. The molecule has 0 atom stereocenters. The van der Waals surface area contributed by atoms with Gasteiger partial charge in [-0.3, -0.25) is 0 Å². The van der Waals surface area contributed by atoms with Gasteiger partial charge in [-0.2, -0.15) is 0 Å². The van der Waals surface area contributed by atoms with E-state index in [0.29, 0.717) is 0 Å². The van der Waals surface area contributed by atoms with Gasteiger partial charge in [0, 0.05) is 11.1 Å². The van der Waals surface area contributed by atoms with Crippen molar-refractivity contribution in [2.75, 3.05) is 0 Å². The van der Waals surface area contributed by atoms with E-state index in [4.69, 9.17) is 0 Å². The largest absolute Gasteiger partial charge is 0.0622 e. The minimum absolute atomic E-state index is 1.06. The molecule has 9 aromatic carbocycles. The molecule has 9 aromatic rings. The molecule has 0 saturated carbocycles. The Labute approximate surface area is 299 Å². The van der Waals surface area contributed by atoms with Gasteiger partial charge in [-0.25, -0.2) is 0 Å². The quantitative estimate of drug-likeness (QED) is 0.132. The average Bonchev–Trinajstić information content (AvgIpc) is 3.16. The molecule has 0 heterocycles. The Balaban J connectivity index is 1.37. The Hall–Kier alpha value is -6.42. The third-order valence-corrected chi connectivity index (χ3v) is 10.4. The molecule has 0 spiro atoms. The maximum atomic E-state index is 3.81. The number of benzene rings is 9. The zero-order valence-electron chi connectivity index (χ0n) is 29.1. The van der Waals surface area contributed by atoms with Crippen LogP contribution in [0.5, 0.6) is 0 Å². The van der Waals surface area contributed by atoms with Crippen molar-refractivity contribution in [1.82, 2.24) is 0 Å². The predicted molar refractivity (Wildman–Crippen MR) is 219 cm³/mol. The van der Waals surface area contributed by atoms with Gasteiger partial charge in [0.15, 0.2) is 0 Å². The molecule has 0 unspecified atom stereocenters. The maximum Gasteiger partial charge on any atom is 0.0406 e. The van der Waals surface area contributed by atoms with E-state index in [1.165, 1.54) is 93.2 Å². The van der Waals surface area contributed by atoms with E-state index in [-0.39, 0.29) is 0 Å². The van der Waals surface area contributed by atoms with Gasteiger partial charge in [-0.15, -0.1) is 0 Å². The summed E-state index contributed by atoms with van der Waals surface area (Å²) in [4.78, 5) is 0. The van der Waals surface area contributed by atoms with E-state index in [1.54, 1.807) is 0 Å². The second-order valence-corrected chi connectivity index (χ2v) is 13.7. The molecule has 0 aliphatic rings. The molecule has 9 rings (SSSR count). The van der Waals surface area contributed by atoms with E-state index in [0.717, 1.165) is 11.1 Å². The molecule has 0 aliphatic heterocycles. The first-order chi connectivity index (χ1) is 25.1. The van der Waals surface area contributed by atoms with Crippen molar-refractivity contribution in [3.8, 4) is 45.2 Å². The first kappa shape index (κ1) is 30.6. The molecular weight excluding hydrogens is 613 g/mol. The van der Waals surface area contributed by atoms with Gasteiger partial charge in [0.2, 0.25) is 0 Å². The monoisotopic (exact) mass is 648 g/mol. The van der Waals surface area contributed by atoms with Crippen LogP contribution in [0.4, 0.5) is 0 Å². The lowest BCUT2D eigenvalue weighted by atomic mass is 9.85. The molecule has 0 heteroatoms. The Morgan fingerprint density at radius 2 is 0.667 bits per heavy atom. The average molecular weight is 649 g/mol. The van der Waals surface area contributed by atoms with Gasteiger partial charge >= 0.3 is 0 Å². The fourth-order valence-electron chi connectivity index (χ4n) is 8.32. The second kappa shape index (κ2) is 12.5. The van der Waals surface area contributed by atoms with Crippen LogP contribution in [0.15, 0.2) is 164 Å². The summed E-state index contributed by atoms with van der Waals surface area (Å²) < 4.78 is 0. The SMILES string of the molecule is Cc1cc(C)c(-c2ccc3c(C#Cc4c5ccccc5c(-c5ccccc5)c5ccccc45)c4ccccc4c(-c4ccccc4)c3c2)c(C)c1. The molecule has 0 aliphatic carbocycles. The van der Waals surface area contributed by atoms with E-state index in [9.17, 15) is 0 Å². The van der Waals surface area contributed by atoms with Crippen LogP contribution >= 0.6 is 0 Å². The number of fused-ring (bicyclic) bond motifs is 4. The van der Waals surface area contributed by atoms with Crippen LogP contribution in [0.25, 0.3) is 76.5 Å². The summed E-state index contributed by atoms with van der Waals surface area (Å²) in [5.41, 5.74) is 13.5. The first-order valence-corrected chi connectivity index (χ1v) is 17.7. The van der Waals surface area contributed by atoms with Crippen LogP contribution in [0.2, 0.25) is 0 Å². The van der Waals surface area contributed by atoms with Crippen LogP contribution in [-0.4, -0.2) is 0 Å². The van der Waals surface area contributed by atoms with Crippen molar-refractivity contribution < 1.29 is 0 Å². The normalized spacial score (nSPS) is 11.3. The molecule has 0 bridgehead atoms. The molecule has 240 valence electrons. The van der Waals surface area contributed by atoms with Crippen LogP contribution in [-0.2, 0) is 0 Å². The summed E-state index contributed by atoms with van der Waals surface area (Å²) in [5.74, 6) is 7.60. The van der Waals surface area contributed by atoms with Crippen molar-refractivity contribution in [3.63, 3.8) is 0 Å². The fourth-order valence-corrected chi connectivity index (χ4v) is 8.32. The fraction of sp³-hybridized carbons (Fsp3) is 0.0588. The van der Waals surface area contributed by atoms with E-state index < -0.39 is 0 Å². The zero-order chi connectivity index (χ0) is 34.5.